The van der Waals surface area contributed by atoms with E-state index in [2.05, 4.69) is 15.3 Å². The van der Waals surface area contributed by atoms with Crippen LogP contribution in [-0.4, -0.2) is 22.4 Å². The Labute approximate surface area is 142 Å². The molecule has 130 valence electrons. The molecule has 0 aliphatic carbocycles. The van der Waals surface area contributed by atoms with Gasteiger partial charge >= 0.3 is 6.18 Å². The molecule has 3 aromatic rings. The Morgan fingerprint density at radius 2 is 1.88 bits per heavy atom. The molecule has 0 spiro atoms. The number of fused-ring (bicyclic) bond motifs is 1. The molecule has 0 fully saturated rings. The summed E-state index contributed by atoms with van der Waals surface area (Å²) in [6, 6.07) is 9.99. The molecule has 1 amide bonds. The van der Waals surface area contributed by atoms with E-state index in [0.717, 1.165) is 34.6 Å². The van der Waals surface area contributed by atoms with Crippen molar-refractivity contribution in [3.63, 3.8) is 0 Å². The van der Waals surface area contributed by atoms with Gasteiger partial charge in [-0.25, -0.2) is 4.98 Å². The van der Waals surface area contributed by atoms with Crippen LogP contribution in [0.1, 0.15) is 27.3 Å². The van der Waals surface area contributed by atoms with Gasteiger partial charge in [0.15, 0.2) is 0 Å². The number of aromatic nitrogens is 2. The average molecular weight is 347 g/mol. The fourth-order valence-electron chi connectivity index (χ4n) is 2.57. The summed E-state index contributed by atoms with van der Waals surface area (Å²) >= 11 is 0. The van der Waals surface area contributed by atoms with Crippen molar-refractivity contribution in [2.75, 3.05) is 6.54 Å². The Morgan fingerprint density at radius 3 is 2.56 bits per heavy atom. The molecule has 0 saturated heterocycles. The van der Waals surface area contributed by atoms with E-state index in [0.29, 0.717) is 13.0 Å². The maximum absolute atomic E-state index is 12.5. The van der Waals surface area contributed by atoms with E-state index in [1.807, 2.05) is 25.1 Å². The predicted molar refractivity (Wildman–Crippen MR) is 88.3 cm³/mol. The average Bonchev–Trinajstić information content (AvgIpc) is 2.93. The molecular formula is C18H16F3N3O. The van der Waals surface area contributed by atoms with Gasteiger partial charge in [0.1, 0.15) is 5.82 Å². The van der Waals surface area contributed by atoms with Crippen LogP contribution in [0.5, 0.6) is 0 Å². The highest BCUT2D eigenvalue weighted by atomic mass is 19.4. The second kappa shape index (κ2) is 6.58. The van der Waals surface area contributed by atoms with Crippen LogP contribution in [0.4, 0.5) is 13.2 Å². The van der Waals surface area contributed by atoms with Gasteiger partial charge < -0.3 is 10.3 Å². The van der Waals surface area contributed by atoms with Crippen molar-refractivity contribution in [2.24, 2.45) is 0 Å². The molecule has 3 rings (SSSR count). The third kappa shape index (κ3) is 3.99. The van der Waals surface area contributed by atoms with Gasteiger partial charge in [0.05, 0.1) is 16.6 Å². The summed E-state index contributed by atoms with van der Waals surface area (Å²) in [6.45, 7) is 2.27. The molecule has 0 radical (unpaired) electrons. The highest BCUT2D eigenvalue weighted by Gasteiger charge is 2.30. The molecule has 2 N–H and O–H groups in total. The monoisotopic (exact) mass is 347 g/mol. The Hall–Kier alpha value is -2.83. The minimum Gasteiger partial charge on any atom is -0.352 e. The number of imidazole rings is 1. The lowest BCUT2D eigenvalue weighted by Crippen LogP contribution is -2.25. The molecular weight excluding hydrogens is 331 g/mol. The van der Waals surface area contributed by atoms with Crippen LogP contribution in [0.2, 0.25) is 0 Å². The summed E-state index contributed by atoms with van der Waals surface area (Å²) in [6.07, 6.45) is -3.79. The van der Waals surface area contributed by atoms with Crippen LogP contribution in [0.3, 0.4) is 0 Å². The van der Waals surface area contributed by atoms with E-state index < -0.39 is 17.6 Å². The van der Waals surface area contributed by atoms with Crippen LogP contribution >= 0.6 is 0 Å². The minimum atomic E-state index is -4.40. The molecule has 25 heavy (non-hydrogen) atoms. The van der Waals surface area contributed by atoms with E-state index >= 15 is 0 Å². The van der Waals surface area contributed by atoms with Gasteiger partial charge in [-0.1, -0.05) is 6.07 Å². The minimum absolute atomic E-state index is 0.202. The predicted octanol–water partition coefficient (Wildman–Crippen LogP) is 3.86. The molecule has 0 saturated carbocycles. The summed E-state index contributed by atoms with van der Waals surface area (Å²) in [4.78, 5) is 19.5. The first-order chi connectivity index (χ1) is 11.8. The number of halogens is 3. The summed E-state index contributed by atoms with van der Waals surface area (Å²) in [5, 5.41) is 2.71. The van der Waals surface area contributed by atoms with Gasteiger partial charge in [-0.3, -0.25) is 4.79 Å². The number of carbonyl (C=O) groups excluding carboxylic acids is 1. The number of nitrogens with zero attached hydrogens (tertiary/aromatic N) is 1. The second-order valence-electron chi connectivity index (χ2n) is 5.75. The van der Waals surface area contributed by atoms with Gasteiger partial charge in [-0.05, 0) is 55.3 Å². The number of benzene rings is 2. The van der Waals surface area contributed by atoms with Gasteiger partial charge in [-0.2, -0.15) is 13.2 Å². The number of nitrogens with one attached hydrogen (secondary N) is 2. The lowest BCUT2D eigenvalue weighted by molar-refractivity contribution is -0.137. The zero-order valence-electron chi connectivity index (χ0n) is 13.4. The van der Waals surface area contributed by atoms with Gasteiger partial charge in [0, 0.05) is 12.1 Å². The first kappa shape index (κ1) is 17.0. The van der Waals surface area contributed by atoms with Crippen molar-refractivity contribution >= 4 is 16.9 Å². The smallest absolute Gasteiger partial charge is 0.352 e. The van der Waals surface area contributed by atoms with E-state index in [-0.39, 0.29) is 5.56 Å². The zero-order valence-corrected chi connectivity index (χ0v) is 13.4. The van der Waals surface area contributed by atoms with Gasteiger partial charge in [0.25, 0.3) is 5.91 Å². The van der Waals surface area contributed by atoms with Crippen LogP contribution in [0.15, 0.2) is 42.5 Å². The molecule has 0 atom stereocenters. The Bertz CT molecular complexity index is 898. The lowest BCUT2D eigenvalue weighted by atomic mass is 10.1. The normalized spacial score (nSPS) is 11.7. The van der Waals surface area contributed by atoms with Crippen LogP contribution in [-0.2, 0) is 12.6 Å². The Kier molecular flexibility index (Phi) is 4.48. The van der Waals surface area contributed by atoms with Crippen molar-refractivity contribution in [1.82, 2.24) is 15.3 Å². The molecule has 0 aliphatic heterocycles. The molecule has 0 aliphatic rings. The number of amides is 1. The Balaban J connectivity index is 1.58. The maximum atomic E-state index is 12.5. The second-order valence-corrected chi connectivity index (χ2v) is 5.75. The largest absolute Gasteiger partial charge is 0.416 e. The van der Waals surface area contributed by atoms with Crippen LogP contribution < -0.4 is 5.32 Å². The first-order valence-corrected chi connectivity index (χ1v) is 7.73. The first-order valence-electron chi connectivity index (χ1n) is 7.73. The van der Waals surface area contributed by atoms with Crippen molar-refractivity contribution in [1.29, 1.82) is 0 Å². The van der Waals surface area contributed by atoms with Crippen molar-refractivity contribution in [3.05, 3.63) is 65.0 Å². The summed E-state index contributed by atoms with van der Waals surface area (Å²) < 4.78 is 37.5. The highest BCUT2D eigenvalue weighted by Crippen LogP contribution is 2.29. The maximum Gasteiger partial charge on any atom is 0.416 e. The van der Waals surface area contributed by atoms with E-state index in [4.69, 9.17) is 0 Å². The number of rotatable bonds is 4. The third-order valence-electron chi connectivity index (χ3n) is 3.84. The topological polar surface area (TPSA) is 57.8 Å². The van der Waals surface area contributed by atoms with Crippen molar-refractivity contribution in [3.8, 4) is 0 Å². The molecule has 2 aromatic carbocycles. The number of carbonyl (C=O) groups is 1. The fraction of sp³-hybridized carbons (Fsp3) is 0.222. The van der Waals surface area contributed by atoms with Crippen LogP contribution in [0.25, 0.3) is 11.0 Å². The van der Waals surface area contributed by atoms with Gasteiger partial charge in [-0.15, -0.1) is 0 Å². The SMILES string of the molecule is Cc1nc2ccc(CCNC(=O)c3ccc(C(F)(F)F)cc3)cc2[nH]1. The zero-order chi connectivity index (χ0) is 18.0. The lowest BCUT2D eigenvalue weighted by Gasteiger charge is -2.08. The van der Waals surface area contributed by atoms with Gasteiger partial charge in [0.2, 0.25) is 0 Å². The summed E-state index contributed by atoms with van der Waals surface area (Å²) in [7, 11) is 0. The quantitative estimate of drug-likeness (QED) is 0.753. The number of aryl methyl sites for hydroxylation is 1. The van der Waals surface area contributed by atoms with E-state index in [1.165, 1.54) is 12.1 Å². The molecule has 0 unspecified atom stereocenters. The number of alkyl halides is 3. The Morgan fingerprint density at radius 1 is 1.16 bits per heavy atom. The number of H-pyrrole nitrogens is 1. The van der Waals surface area contributed by atoms with Crippen molar-refractivity contribution in [2.45, 2.75) is 19.5 Å². The number of hydrogen-bond donors (Lipinski definition) is 2. The third-order valence-corrected chi connectivity index (χ3v) is 3.84. The molecule has 7 heteroatoms. The van der Waals surface area contributed by atoms with E-state index in [9.17, 15) is 18.0 Å². The molecule has 0 bridgehead atoms. The molecule has 1 aromatic heterocycles. The molecule has 4 nitrogen and oxygen atoms in total. The fourth-order valence-corrected chi connectivity index (χ4v) is 2.57. The number of aromatic amines is 1. The van der Waals surface area contributed by atoms with E-state index in [1.54, 1.807) is 0 Å². The summed E-state index contributed by atoms with van der Waals surface area (Å²) in [5.41, 5.74) is 2.28. The summed E-state index contributed by atoms with van der Waals surface area (Å²) in [5.74, 6) is 0.440. The highest BCUT2D eigenvalue weighted by molar-refractivity contribution is 5.94. The molecule has 1 heterocycles. The van der Waals surface area contributed by atoms with Crippen LogP contribution in [0, 0.1) is 6.92 Å². The standard InChI is InChI=1S/C18H16F3N3O/c1-11-23-15-7-2-12(10-16(15)24-11)8-9-22-17(25)13-3-5-14(6-4-13)18(19,20)21/h2-7,10H,8-9H2,1H3,(H,22,25)(H,23,24). The number of hydrogen-bond acceptors (Lipinski definition) is 2. The van der Waals surface area contributed by atoms with Crippen molar-refractivity contribution < 1.29 is 18.0 Å².